The van der Waals surface area contributed by atoms with Crippen molar-refractivity contribution in [3.63, 3.8) is 0 Å². The van der Waals surface area contributed by atoms with E-state index in [4.69, 9.17) is 16.3 Å². The first kappa shape index (κ1) is 14.7. The standard InChI is InChI=1S/C17H22ClNO2/c1-12-10-13-4-2-3-5-16(13)19(12)17(20)11-21-15-8-6-14(18)7-9-15/h6-9,12-13,16H,2-5,10-11H2,1H3. The van der Waals surface area contributed by atoms with E-state index in [1.54, 1.807) is 24.3 Å². The molecular formula is C17H22ClNO2. The molecule has 3 atom stereocenters. The van der Waals surface area contributed by atoms with Gasteiger partial charge < -0.3 is 9.64 Å². The van der Waals surface area contributed by atoms with Crippen LogP contribution in [-0.4, -0.2) is 29.5 Å². The Morgan fingerprint density at radius 3 is 2.76 bits per heavy atom. The summed E-state index contributed by atoms with van der Waals surface area (Å²) in [7, 11) is 0. The van der Waals surface area contributed by atoms with E-state index in [1.807, 2.05) is 0 Å². The van der Waals surface area contributed by atoms with E-state index >= 15 is 0 Å². The molecule has 1 aromatic rings. The van der Waals surface area contributed by atoms with Crippen molar-refractivity contribution in [3.05, 3.63) is 29.3 Å². The molecule has 3 nitrogen and oxygen atoms in total. The average Bonchev–Trinajstić information content (AvgIpc) is 2.82. The molecule has 0 aromatic heterocycles. The predicted molar refractivity (Wildman–Crippen MR) is 83.6 cm³/mol. The maximum Gasteiger partial charge on any atom is 0.261 e. The number of amides is 1. The summed E-state index contributed by atoms with van der Waals surface area (Å²) in [6, 6.07) is 7.93. The Balaban J connectivity index is 1.60. The molecule has 1 aromatic carbocycles. The van der Waals surface area contributed by atoms with Gasteiger partial charge in [-0.3, -0.25) is 4.79 Å². The molecular weight excluding hydrogens is 286 g/mol. The van der Waals surface area contributed by atoms with Gasteiger partial charge in [-0.1, -0.05) is 24.4 Å². The summed E-state index contributed by atoms with van der Waals surface area (Å²) in [5, 5.41) is 0.673. The topological polar surface area (TPSA) is 29.5 Å². The molecule has 4 heteroatoms. The SMILES string of the molecule is CC1CC2CCCCC2N1C(=O)COc1ccc(Cl)cc1. The largest absolute Gasteiger partial charge is 0.484 e. The van der Waals surface area contributed by atoms with Gasteiger partial charge in [0.2, 0.25) is 0 Å². The first-order chi connectivity index (χ1) is 10.1. The van der Waals surface area contributed by atoms with Crippen LogP contribution in [0.3, 0.4) is 0 Å². The zero-order valence-electron chi connectivity index (χ0n) is 12.4. The second-order valence-corrected chi connectivity index (χ2v) is 6.68. The maximum atomic E-state index is 12.5. The van der Waals surface area contributed by atoms with E-state index in [2.05, 4.69) is 11.8 Å². The Morgan fingerprint density at radius 1 is 1.29 bits per heavy atom. The lowest BCUT2D eigenvalue weighted by Gasteiger charge is -2.33. The van der Waals surface area contributed by atoms with E-state index in [0.717, 1.165) is 12.8 Å². The number of benzene rings is 1. The van der Waals surface area contributed by atoms with E-state index in [9.17, 15) is 4.79 Å². The lowest BCUT2D eigenvalue weighted by atomic mass is 9.85. The Morgan fingerprint density at radius 2 is 2.00 bits per heavy atom. The minimum absolute atomic E-state index is 0.117. The van der Waals surface area contributed by atoms with Crippen molar-refractivity contribution in [2.24, 2.45) is 5.92 Å². The lowest BCUT2D eigenvalue weighted by molar-refractivity contribution is -0.136. The van der Waals surface area contributed by atoms with Crippen molar-refractivity contribution < 1.29 is 9.53 Å². The van der Waals surface area contributed by atoms with Crippen LogP contribution in [0, 0.1) is 5.92 Å². The zero-order valence-corrected chi connectivity index (χ0v) is 13.2. The summed E-state index contributed by atoms with van der Waals surface area (Å²) in [6.07, 6.45) is 6.14. The number of rotatable bonds is 3. The first-order valence-electron chi connectivity index (χ1n) is 7.84. The van der Waals surface area contributed by atoms with Gasteiger partial charge in [0.15, 0.2) is 6.61 Å². The second kappa shape index (κ2) is 6.27. The fourth-order valence-corrected chi connectivity index (χ4v) is 4.01. The Labute approximate surface area is 131 Å². The molecule has 1 saturated heterocycles. The summed E-state index contributed by atoms with van der Waals surface area (Å²) in [5.41, 5.74) is 0. The number of ether oxygens (including phenoxy) is 1. The number of hydrogen-bond acceptors (Lipinski definition) is 2. The van der Waals surface area contributed by atoms with Crippen molar-refractivity contribution in [2.75, 3.05) is 6.61 Å². The molecule has 0 bridgehead atoms. The summed E-state index contributed by atoms with van der Waals surface area (Å²) >= 11 is 5.84. The Hall–Kier alpha value is -1.22. The third-order valence-electron chi connectivity index (χ3n) is 4.81. The van der Waals surface area contributed by atoms with Gasteiger partial charge in [0.1, 0.15) is 5.75 Å². The monoisotopic (exact) mass is 307 g/mol. The van der Waals surface area contributed by atoms with Crippen LogP contribution in [-0.2, 0) is 4.79 Å². The van der Waals surface area contributed by atoms with E-state index in [-0.39, 0.29) is 12.5 Å². The van der Waals surface area contributed by atoms with Crippen LogP contribution in [0.15, 0.2) is 24.3 Å². The van der Waals surface area contributed by atoms with Gasteiger partial charge in [-0.15, -0.1) is 0 Å². The van der Waals surface area contributed by atoms with Crippen LogP contribution < -0.4 is 4.74 Å². The van der Waals surface area contributed by atoms with Crippen LogP contribution in [0.4, 0.5) is 0 Å². The third-order valence-corrected chi connectivity index (χ3v) is 5.06. The smallest absolute Gasteiger partial charge is 0.261 e. The quantitative estimate of drug-likeness (QED) is 0.847. The van der Waals surface area contributed by atoms with Crippen LogP contribution in [0.1, 0.15) is 39.0 Å². The van der Waals surface area contributed by atoms with Crippen LogP contribution >= 0.6 is 11.6 Å². The maximum absolute atomic E-state index is 12.5. The molecule has 2 fully saturated rings. The molecule has 3 rings (SSSR count). The minimum atomic E-state index is 0.117. The molecule has 1 aliphatic carbocycles. The zero-order chi connectivity index (χ0) is 14.8. The van der Waals surface area contributed by atoms with Gasteiger partial charge in [0.05, 0.1) is 0 Å². The molecule has 1 aliphatic heterocycles. The number of likely N-dealkylation sites (tertiary alicyclic amines) is 1. The number of fused-ring (bicyclic) bond motifs is 1. The van der Waals surface area contributed by atoms with E-state index in [1.165, 1.54) is 19.3 Å². The number of halogens is 1. The van der Waals surface area contributed by atoms with Crippen molar-refractivity contribution in [2.45, 2.75) is 51.1 Å². The summed E-state index contributed by atoms with van der Waals surface area (Å²) in [5.74, 6) is 1.51. The van der Waals surface area contributed by atoms with Crippen molar-refractivity contribution >= 4 is 17.5 Å². The normalized spacial score (nSPS) is 28.3. The van der Waals surface area contributed by atoms with Gasteiger partial charge in [-0.05, 0) is 56.4 Å². The fraction of sp³-hybridized carbons (Fsp3) is 0.588. The fourth-order valence-electron chi connectivity index (χ4n) is 3.89. The van der Waals surface area contributed by atoms with Gasteiger partial charge in [-0.2, -0.15) is 0 Å². The van der Waals surface area contributed by atoms with Gasteiger partial charge in [0.25, 0.3) is 5.91 Å². The van der Waals surface area contributed by atoms with E-state index in [0.29, 0.717) is 28.8 Å². The summed E-state index contributed by atoms with van der Waals surface area (Å²) in [6.45, 7) is 2.29. The van der Waals surface area contributed by atoms with Crippen LogP contribution in [0.5, 0.6) is 5.75 Å². The number of carbonyl (C=O) groups is 1. The first-order valence-corrected chi connectivity index (χ1v) is 8.22. The number of hydrogen-bond donors (Lipinski definition) is 0. The van der Waals surface area contributed by atoms with Gasteiger partial charge in [-0.25, -0.2) is 0 Å². The molecule has 0 radical (unpaired) electrons. The number of carbonyl (C=O) groups excluding carboxylic acids is 1. The van der Waals surface area contributed by atoms with E-state index < -0.39 is 0 Å². The Kier molecular flexibility index (Phi) is 4.39. The van der Waals surface area contributed by atoms with Crippen LogP contribution in [0.25, 0.3) is 0 Å². The number of nitrogens with zero attached hydrogens (tertiary/aromatic N) is 1. The summed E-state index contributed by atoms with van der Waals surface area (Å²) in [4.78, 5) is 14.6. The molecule has 3 unspecified atom stereocenters. The summed E-state index contributed by atoms with van der Waals surface area (Å²) < 4.78 is 5.61. The third kappa shape index (κ3) is 3.18. The second-order valence-electron chi connectivity index (χ2n) is 6.24. The van der Waals surface area contributed by atoms with Crippen LogP contribution in [0.2, 0.25) is 5.02 Å². The van der Waals surface area contributed by atoms with Crippen molar-refractivity contribution in [3.8, 4) is 5.75 Å². The molecule has 1 heterocycles. The highest BCUT2D eigenvalue weighted by molar-refractivity contribution is 6.30. The Bertz CT molecular complexity index is 502. The molecule has 1 amide bonds. The molecule has 2 aliphatic rings. The molecule has 1 saturated carbocycles. The molecule has 114 valence electrons. The van der Waals surface area contributed by atoms with Gasteiger partial charge in [0, 0.05) is 17.1 Å². The molecule has 0 N–H and O–H groups in total. The highest BCUT2D eigenvalue weighted by Gasteiger charge is 2.42. The minimum Gasteiger partial charge on any atom is -0.484 e. The predicted octanol–water partition coefficient (Wildman–Crippen LogP) is 3.90. The van der Waals surface area contributed by atoms with Crippen molar-refractivity contribution in [1.82, 2.24) is 4.90 Å². The lowest BCUT2D eigenvalue weighted by Crippen LogP contribution is -2.44. The average molecular weight is 308 g/mol. The molecule has 21 heavy (non-hydrogen) atoms. The highest BCUT2D eigenvalue weighted by atomic mass is 35.5. The van der Waals surface area contributed by atoms with Crippen molar-refractivity contribution in [1.29, 1.82) is 0 Å². The van der Waals surface area contributed by atoms with Gasteiger partial charge >= 0.3 is 0 Å². The highest BCUT2D eigenvalue weighted by Crippen LogP contribution is 2.39. The molecule has 0 spiro atoms.